The number of nitrogens with one attached hydrogen (secondary N) is 1. The van der Waals surface area contributed by atoms with Crippen LogP contribution in [0.4, 0.5) is 0 Å². The standard InChI is InChI=1S/C22H19N3O2S/c1-15-8-11-20(21(25-26)23-14-19-7-4-12-28-19)22(24-15)27-18-10-9-16-5-2-3-6-17(16)13-18/h2-13,26H,14H2,1H3,(H,23,25). The number of aromatic nitrogens is 1. The van der Waals surface area contributed by atoms with E-state index in [0.717, 1.165) is 21.3 Å². The van der Waals surface area contributed by atoms with Crippen LogP contribution in [0.3, 0.4) is 0 Å². The van der Waals surface area contributed by atoms with Crippen molar-refractivity contribution in [1.82, 2.24) is 10.5 Å². The summed E-state index contributed by atoms with van der Waals surface area (Å²) >= 11 is 1.62. The second-order valence-electron chi connectivity index (χ2n) is 6.27. The van der Waals surface area contributed by atoms with Gasteiger partial charge < -0.3 is 4.74 Å². The van der Waals surface area contributed by atoms with Crippen molar-refractivity contribution >= 4 is 27.9 Å². The lowest BCUT2D eigenvalue weighted by atomic mass is 10.1. The highest BCUT2D eigenvalue weighted by molar-refractivity contribution is 7.09. The van der Waals surface area contributed by atoms with E-state index in [1.165, 1.54) is 0 Å². The third-order valence-corrected chi connectivity index (χ3v) is 5.13. The highest BCUT2D eigenvalue weighted by Gasteiger charge is 2.14. The minimum atomic E-state index is 0.316. The lowest BCUT2D eigenvalue weighted by Crippen LogP contribution is -2.21. The molecule has 0 bridgehead atoms. The lowest BCUT2D eigenvalue weighted by molar-refractivity contribution is 0.234. The maximum atomic E-state index is 9.65. The maximum absolute atomic E-state index is 9.65. The molecular formula is C22H19N3O2S. The van der Waals surface area contributed by atoms with E-state index in [-0.39, 0.29) is 0 Å². The minimum absolute atomic E-state index is 0.316. The number of aryl methyl sites for hydroxylation is 1. The fraction of sp³-hybridized carbons (Fsp3) is 0.0909. The smallest absolute Gasteiger partial charge is 0.230 e. The van der Waals surface area contributed by atoms with Gasteiger partial charge in [-0.3, -0.25) is 15.7 Å². The van der Waals surface area contributed by atoms with Gasteiger partial charge in [0.15, 0.2) is 5.84 Å². The normalized spacial score (nSPS) is 11.6. The summed E-state index contributed by atoms with van der Waals surface area (Å²) in [5.74, 6) is 1.38. The van der Waals surface area contributed by atoms with Crippen LogP contribution < -0.4 is 10.2 Å². The SMILES string of the molecule is Cc1ccc(C(=NCc2cccs2)NO)c(Oc2ccc3ccccc3c2)n1. The fourth-order valence-electron chi connectivity index (χ4n) is 2.87. The summed E-state index contributed by atoms with van der Waals surface area (Å²) in [6.07, 6.45) is 0. The van der Waals surface area contributed by atoms with Crippen molar-refractivity contribution in [3.63, 3.8) is 0 Å². The molecule has 2 aromatic carbocycles. The molecule has 0 saturated heterocycles. The summed E-state index contributed by atoms with van der Waals surface area (Å²) in [6, 6.07) is 21.7. The van der Waals surface area contributed by atoms with Crippen LogP contribution in [-0.4, -0.2) is 16.0 Å². The Morgan fingerprint density at radius 1 is 1.07 bits per heavy atom. The van der Waals surface area contributed by atoms with Gasteiger partial charge >= 0.3 is 0 Å². The Balaban J connectivity index is 1.67. The van der Waals surface area contributed by atoms with E-state index in [1.807, 2.05) is 73.0 Å². The molecule has 0 unspecified atom stereocenters. The van der Waals surface area contributed by atoms with Crippen LogP contribution in [-0.2, 0) is 6.54 Å². The van der Waals surface area contributed by atoms with Crippen LogP contribution in [0.15, 0.2) is 77.1 Å². The zero-order valence-electron chi connectivity index (χ0n) is 15.3. The van der Waals surface area contributed by atoms with E-state index in [2.05, 4.69) is 21.5 Å². The van der Waals surface area contributed by atoms with Crippen LogP contribution in [0.2, 0.25) is 0 Å². The van der Waals surface area contributed by atoms with Crippen molar-refractivity contribution < 1.29 is 9.94 Å². The Kier molecular flexibility index (Phi) is 5.32. The molecule has 2 aromatic heterocycles. The topological polar surface area (TPSA) is 66.7 Å². The molecule has 0 fully saturated rings. The second-order valence-corrected chi connectivity index (χ2v) is 7.30. The average molecular weight is 389 g/mol. The predicted octanol–water partition coefficient (Wildman–Crippen LogP) is 5.32. The van der Waals surface area contributed by atoms with Crippen molar-refractivity contribution in [2.45, 2.75) is 13.5 Å². The van der Waals surface area contributed by atoms with Crippen LogP contribution in [0, 0.1) is 6.92 Å². The number of benzene rings is 2. The zero-order valence-corrected chi connectivity index (χ0v) is 16.1. The maximum Gasteiger partial charge on any atom is 0.230 e. The number of nitrogens with zero attached hydrogens (tertiary/aromatic N) is 2. The number of hydrogen-bond acceptors (Lipinski definition) is 5. The molecule has 0 radical (unpaired) electrons. The first-order valence-corrected chi connectivity index (χ1v) is 9.72. The number of aliphatic imine (C=N–C) groups is 1. The van der Waals surface area contributed by atoms with Crippen LogP contribution >= 0.6 is 11.3 Å². The third-order valence-electron chi connectivity index (χ3n) is 4.27. The van der Waals surface area contributed by atoms with E-state index >= 15 is 0 Å². The van der Waals surface area contributed by atoms with Crippen LogP contribution in [0.1, 0.15) is 16.1 Å². The Morgan fingerprint density at radius 2 is 1.93 bits per heavy atom. The molecule has 0 aliphatic rings. The van der Waals surface area contributed by atoms with Crippen molar-refractivity contribution in [3.05, 3.63) is 88.2 Å². The van der Waals surface area contributed by atoms with Crippen molar-refractivity contribution in [3.8, 4) is 11.6 Å². The third kappa shape index (κ3) is 4.03. The van der Waals surface area contributed by atoms with Gasteiger partial charge in [0.1, 0.15) is 5.75 Å². The number of ether oxygens (including phenoxy) is 1. The molecular weight excluding hydrogens is 370 g/mol. The molecule has 28 heavy (non-hydrogen) atoms. The molecule has 5 nitrogen and oxygen atoms in total. The number of fused-ring (bicyclic) bond motifs is 1. The molecule has 0 saturated carbocycles. The first kappa shape index (κ1) is 18.2. The highest BCUT2D eigenvalue weighted by atomic mass is 32.1. The molecule has 4 rings (SSSR count). The van der Waals surface area contributed by atoms with Gasteiger partial charge in [-0.2, -0.15) is 0 Å². The zero-order chi connectivity index (χ0) is 19.3. The van der Waals surface area contributed by atoms with Gasteiger partial charge in [-0.05, 0) is 53.4 Å². The molecule has 0 aliphatic heterocycles. The number of hydroxylamine groups is 1. The number of pyridine rings is 1. The Hall–Kier alpha value is -3.22. The van der Waals surface area contributed by atoms with Crippen molar-refractivity contribution in [2.75, 3.05) is 0 Å². The average Bonchev–Trinajstić information content (AvgIpc) is 3.23. The van der Waals surface area contributed by atoms with Crippen molar-refractivity contribution in [1.29, 1.82) is 0 Å². The van der Waals surface area contributed by atoms with Gasteiger partial charge in [0.2, 0.25) is 5.88 Å². The molecule has 0 spiro atoms. The Morgan fingerprint density at radius 3 is 2.71 bits per heavy atom. The van der Waals surface area contributed by atoms with Crippen molar-refractivity contribution in [2.24, 2.45) is 4.99 Å². The molecule has 0 atom stereocenters. The summed E-state index contributed by atoms with van der Waals surface area (Å²) < 4.78 is 6.08. The van der Waals surface area contributed by atoms with Gasteiger partial charge in [0.05, 0.1) is 12.1 Å². The summed E-state index contributed by atoms with van der Waals surface area (Å²) in [5.41, 5.74) is 3.60. The van der Waals surface area contributed by atoms with Crippen LogP contribution in [0.25, 0.3) is 10.8 Å². The van der Waals surface area contributed by atoms with E-state index in [0.29, 0.717) is 29.6 Å². The largest absolute Gasteiger partial charge is 0.438 e. The first-order chi connectivity index (χ1) is 13.7. The van der Waals surface area contributed by atoms with E-state index in [9.17, 15) is 5.21 Å². The number of hydrogen-bond donors (Lipinski definition) is 2. The lowest BCUT2D eigenvalue weighted by Gasteiger charge is -2.13. The molecule has 0 aliphatic carbocycles. The van der Waals surface area contributed by atoms with Gasteiger partial charge in [-0.15, -0.1) is 11.3 Å². The van der Waals surface area contributed by atoms with Gasteiger partial charge in [-0.1, -0.05) is 36.4 Å². The molecule has 2 heterocycles. The molecule has 6 heteroatoms. The summed E-state index contributed by atoms with van der Waals surface area (Å²) in [5, 5.41) is 13.9. The summed E-state index contributed by atoms with van der Waals surface area (Å²) in [6.45, 7) is 2.36. The Labute approximate surface area is 166 Å². The van der Waals surface area contributed by atoms with E-state index in [1.54, 1.807) is 11.3 Å². The minimum Gasteiger partial charge on any atom is -0.438 e. The van der Waals surface area contributed by atoms with Gasteiger partial charge in [-0.25, -0.2) is 4.98 Å². The number of rotatable bonds is 5. The summed E-state index contributed by atoms with van der Waals surface area (Å²) in [4.78, 5) is 10.1. The van der Waals surface area contributed by atoms with Crippen LogP contribution in [0.5, 0.6) is 11.6 Å². The predicted molar refractivity (Wildman–Crippen MR) is 112 cm³/mol. The van der Waals surface area contributed by atoms with Gasteiger partial charge in [0, 0.05) is 10.6 Å². The van der Waals surface area contributed by atoms with Gasteiger partial charge in [0.25, 0.3) is 0 Å². The second kappa shape index (κ2) is 8.21. The van der Waals surface area contributed by atoms with E-state index < -0.39 is 0 Å². The number of thiophene rings is 1. The molecule has 2 N–H and O–H groups in total. The quantitative estimate of drug-likeness (QED) is 0.275. The molecule has 0 amide bonds. The fourth-order valence-corrected chi connectivity index (χ4v) is 3.50. The highest BCUT2D eigenvalue weighted by Crippen LogP contribution is 2.27. The number of amidine groups is 1. The van der Waals surface area contributed by atoms with E-state index in [4.69, 9.17) is 4.74 Å². The Bertz CT molecular complexity index is 1120. The monoisotopic (exact) mass is 389 g/mol. The first-order valence-electron chi connectivity index (χ1n) is 8.84. The molecule has 4 aromatic rings. The molecule has 140 valence electrons. The summed E-state index contributed by atoms with van der Waals surface area (Å²) in [7, 11) is 0.